The molecule has 2 aliphatic rings. The maximum absolute atomic E-state index is 13.2. The Hall–Kier alpha value is -3.10. The first-order valence-corrected chi connectivity index (χ1v) is 10.1. The van der Waals surface area contributed by atoms with Gasteiger partial charge in [-0.3, -0.25) is 0 Å². The number of rotatable bonds is 3. The van der Waals surface area contributed by atoms with Gasteiger partial charge >= 0.3 is 6.18 Å². The third-order valence-corrected chi connectivity index (χ3v) is 6.56. The van der Waals surface area contributed by atoms with E-state index in [1.165, 1.54) is 25.4 Å². The fraction of sp³-hybridized carbons (Fsp3) is 0.292. The second-order valence-electron chi connectivity index (χ2n) is 8.09. The summed E-state index contributed by atoms with van der Waals surface area (Å²) in [4.78, 5) is 4.16. The zero-order valence-corrected chi connectivity index (χ0v) is 17.0. The molecule has 2 aromatic carbocycles. The Kier molecular flexibility index (Phi) is 4.51. The maximum atomic E-state index is 13.2. The smallest absolute Gasteiger partial charge is 0.416 e. The molecule has 1 aliphatic carbocycles. The van der Waals surface area contributed by atoms with E-state index in [0.29, 0.717) is 5.56 Å². The van der Waals surface area contributed by atoms with E-state index in [1.54, 1.807) is 6.07 Å². The Balaban J connectivity index is 1.78. The zero-order valence-electron chi connectivity index (χ0n) is 17.0. The highest BCUT2D eigenvalue weighted by atomic mass is 19.4. The van der Waals surface area contributed by atoms with Crippen molar-refractivity contribution >= 4 is 0 Å². The van der Waals surface area contributed by atoms with Gasteiger partial charge in [0.2, 0.25) is 5.88 Å². The van der Waals surface area contributed by atoms with E-state index in [2.05, 4.69) is 4.98 Å². The lowest BCUT2D eigenvalue weighted by molar-refractivity contribution is -0.150. The van der Waals surface area contributed by atoms with E-state index < -0.39 is 35.0 Å². The molecule has 0 spiro atoms. The lowest BCUT2D eigenvalue weighted by Gasteiger charge is -2.40. The molecule has 1 aliphatic heterocycles. The van der Waals surface area contributed by atoms with Crippen molar-refractivity contribution in [3.8, 4) is 11.6 Å². The molecule has 4 unspecified atom stereocenters. The van der Waals surface area contributed by atoms with Crippen molar-refractivity contribution in [3.63, 3.8) is 0 Å². The molecule has 4 atom stereocenters. The van der Waals surface area contributed by atoms with Crippen molar-refractivity contribution in [3.05, 3.63) is 89.1 Å². The van der Waals surface area contributed by atoms with Gasteiger partial charge in [0, 0.05) is 12.1 Å². The molecule has 166 valence electrons. The minimum atomic E-state index is -4.51. The zero-order chi connectivity index (χ0) is 22.7. The van der Waals surface area contributed by atoms with Gasteiger partial charge < -0.3 is 19.7 Å². The molecule has 2 heterocycles. The Morgan fingerprint density at radius 1 is 1.06 bits per heavy atom. The quantitative estimate of drug-likeness (QED) is 0.637. The molecule has 2 N–H and O–H groups in total. The fourth-order valence-electron chi connectivity index (χ4n) is 5.21. The largest absolute Gasteiger partial charge is 0.481 e. The van der Waals surface area contributed by atoms with Crippen LogP contribution in [0.1, 0.15) is 34.6 Å². The Morgan fingerprint density at radius 2 is 1.75 bits per heavy atom. The van der Waals surface area contributed by atoms with Crippen LogP contribution in [0.15, 0.2) is 66.9 Å². The van der Waals surface area contributed by atoms with Crippen molar-refractivity contribution in [2.24, 2.45) is 0 Å². The number of halogens is 3. The van der Waals surface area contributed by atoms with Crippen molar-refractivity contribution in [1.82, 2.24) is 4.98 Å². The van der Waals surface area contributed by atoms with Crippen LogP contribution in [0, 0.1) is 0 Å². The van der Waals surface area contributed by atoms with Crippen LogP contribution in [-0.4, -0.2) is 28.4 Å². The van der Waals surface area contributed by atoms with Gasteiger partial charge in [-0.25, -0.2) is 4.98 Å². The average molecular weight is 443 g/mol. The summed E-state index contributed by atoms with van der Waals surface area (Å²) in [7, 11) is 1.39. The van der Waals surface area contributed by atoms with Crippen molar-refractivity contribution in [2.75, 3.05) is 7.11 Å². The third-order valence-electron chi connectivity index (χ3n) is 6.56. The molecule has 32 heavy (non-hydrogen) atoms. The summed E-state index contributed by atoms with van der Waals surface area (Å²) < 4.78 is 51.4. The topological polar surface area (TPSA) is 71.8 Å². The van der Waals surface area contributed by atoms with E-state index >= 15 is 0 Å². The first kappa shape index (κ1) is 20.8. The number of hydrogen-bond acceptors (Lipinski definition) is 5. The molecule has 0 radical (unpaired) electrons. The van der Waals surface area contributed by atoms with E-state index in [-0.39, 0.29) is 23.6 Å². The van der Waals surface area contributed by atoms with E-state index in [0.717, 1.165) is 17.7 Å². The number of nitrogens with zero attached hydrogens (tertiary/aromatic N) is 1. The molecule has 1 aromatic heterocycles. The van der Waals surface area contributed by atoms with Crippen LogP contribution in [0.2, 0.25) is 0 Å². The van der Waals surface area contributed by atoms with Gasteiger partial charge in [-0.05, 0) is 35.7 Å². The highest BCUT2D eigenvalue weighted by Gasteiger charge is 2.73. The molecule has 0 saturated heterocycles. The van der Waals surface area contributed by atoms with Crippen LogP contribution in [0.5, 0.6) is 11.6 Å². The number of alkyl halides is 3. The van der Waals surface area contributed by atoms with E-state index in [9.17, 15) is 23.4 Å². The predicted molar refractivity (Wildman–Crippen MR) is 108 cm³/mol. The van der Waals surface area contributed by atoms with Crippen LogP contribution >= 0.6 is 0 Å². The number of aliphatic hydroxyl groups is 2. The number of pyridine rings is 1. The molecular formula is C24H20F3NO4. The van der Waals surface area contributed by atoms with Gasteiger partial charge in [-0.1, -0.05) is 42.5 Å². The Morgan fingerprint density at radius 3 is 2.38 bits per heavy atom. The summed E-state index contributed by atoms with van der Waals surface area (Å²) in [6.07, 6.45) is -4.21. The summed E-state index contributed by atoms with van der Waals surface area (Å²) in [5, 5.41) is 23.3. The molecular weight excluding hydrogens is 423 g/mol. The number of aromatic nitrogens is 1. The number of methoxy groups -OCH3 is 1. The summed E-state index contributed by atoms with van der Waals surface area (Å²) in [5.41, 5.74) is -3.11. The van der Waals surface area contributed by atoms with E-state index in [1.807, 2.05) is 30.3 Å². The van der Waals surface area contributed by atoms with Crippen LogP contribution in [0.25, 0.3) is 0 Å². The predicted octanol–water partition coefficient (Wildman–Crippen LogP) is 4.13. The van der Waals surface area contributed by atoms with Gasteiger partial charge in [0.25, 0.3) is 0 Å². The Bertz CT molecular complexity index is 1150. The molecule has 0 amide bonds. The molecule has 5 rings (SSSR count). The lowest BCUT2D eigenvalue weighted by Crippen LogP contribution is -2.52. The summed E-state index contributed by atoms with van der Waals surface area (Å²) in [6.45, 7) is 0. The lowest BCUT2D eigenvalue weighted by atomic mass is 9.71. The number of benzene rings is 2. The number of aliphatic hydroxyl groups excluding tert-OH is 1. The van der Waals surface area contributed by atoms with Gasteiger partial charge in [0.1, 0.15) is 5.75 Å². The highest BCUT2D eigenvalue weighted by Crippen LogP contribution is 2.67. The van der Waals surface area contributed by atoms with Crippen molar-refractivity contribution in [2.45, 2.75) is 35.8 Å². The number of ether oxygens (including phenoxy) is 2. The third kappa shape index (κ3) is 2.63. The maximum Gasteiger partial charge on any atom is 0.416 e. The Labute approximate surface area is 182 Å². The standard InChI is InChI=1S/C24H20F3NO4/c1-31-21-20-18(11-12-28-21)32-23(15-7-9-16(10-8-15)24(25,26)27)17(13-19(29)22(20,23)30)14-5-3-2-4-6-14/h2-12,17,19,29-30H,13H2,1H3. The molecule has 0 bridgehead atoms. The SMILES string of the molecule is COc1nccc2c1C1(O)C(O)CC(c3ccccc3)C1(c1ccc(C(F)(F)F)cc1)O2. The molecule has 1 saturated carbocycles. The van der Waals surface area contributed by atoms with Gasteiger partial charge in [0.05, 0.1) is 24.3 Å². The van der Waals surface area contributed by atoms with Crippen LogP contribution in [-0.2, 0) is 17.4 Å². The van der Waals surface area contributed by atoms with Crippen LogP contribution in [0.4, 0.5) is 13.2 Å². The van der Waals surface area contributed by atoms with Crippen molar-refractivity contribution < 1.29 is 32.9 Å². The van der Waals surface area contributed by atoms with Crippen LogP contribution in [0.3, 0.4) is 0 Å². The average Bonchev–Trinajstić information content (AvgIpc) is 3.19. The number of fused-ring (bicyclic) bond motifs is 3. The normalized spacial score (nSPS) is 28.7. The summed E-state index contributed by atoms with van der Waals surface area (Å²) in [5.74, 6) is -0.206. The second kappa shape index (κ2) is 6.95. The summed E-state index contributed by atoms with van der Waals surface area (Å²) >= 11 is 0. The highest BCUT2D eigenvalue weighted by molar-refractivity contribution is 5.57. The van der Waals surface area contributed by atoms with Gasteiger partial charge in [0.15, 0.2) is 11.2 Å². The van der Waals surface area contributed by atoms with E-state index in [4.69, 9.17) is 9.47 Å². The fourth-order valence-corrected chi connectivity index (χ4v) is 5.21. The first-order chi connectivity index (χ1) is 15.2. The van der Waals surface area contributed by atoms with Gasteiger partial charge in [-0.15, -0.1) is 0 Å². The molecule has 3 aromatic rings. The molecule has 5 nitrogen and oxygen atoms in total. The van der Waals surface area contributed by atoms with Crippen molar-refractivity contribution in [1.29, 1.82) is 0 Å². The number of hydrogen-bond donors (Lipinski definition) is 2. The van der Waals surface area contributed by atoms with Gasteiger partial charge in [-0.2, -0.15) is 13.2 Å². The van der Waals surface area contributed by atoms with Crippen LogP contribution < -0.4 is 9.47 Å². The molecule has 1 fully saturated rings. The molecule has 8 heteroatoms. The summed E-state index contributed by atoms with van der Waals surface area (Å²) in [6, 6.07) is 15.2. The first-order valence-electron chi connectivity index (χ1n) is 10.1. The second-order valence-corrected chi connectivity index (χ2v) is 8.09. The monoisotopic (exact) mass is 443 g/mol. The minimum absolute atomic E-state index is 0.0894. The minimum Gasteiger partial charge on any atom is -0.481 e.